The molecule has 0 bridgehead atoms. The fourth-order valence-corrected chi connectivity index (χ4v) is 4.51. The summed E-state index contributed by atoms with van der Waals surface area (Å²) in [6.45, 7) is 2.71. The monoisotopic (exact) mass is 318 g/mol. The number of hydrogen-bond acceptors (Lipinski definition) is 4. The third kappa shape index (κ3) is 5.51. The highest BCUT2D eigenvalue weighted by Crippen LogP contribution is 2.26. The van der Waals surface area contributed by atoms with E-state index in [2.05, 4.69) is 5.32 Å². The highest BCUT2D eigenvalue weighted by molar-refractivity contribution is 7.88. The molecular weight excluding hydrogens is 288 g/mol. The summed E-state index contributed by atoms with van der Waals surface area (Å²) in [7, 11) is -3.07. The summed E-state index contributed by atoms with van der Waals surface area (Å²) >= 11 is 0. The van der Waals surface area contributed by atoms with Crippen molar-refractivity contribution in [2.45, 2.75) is 57.0 Å². The molecule has 0 radical (unpaired) electrons. The van der Waals surface area contributed by atoms with E-state index < -0.39 is 15.6 Å². The Balaban J connectivity index is 1.75. The number of sulfonamides is 1. The van der Waals surface area contributed by atoms with Crippen molar-refractivity contribution < 1.29 is 13.5 Å². The van der Waals surface area contributed by atoms with Crippen LogP contribution in [0.1, 0.15) is 51.4 Å². The van der Waals surface area contributed by atoms with Gasteiger partial charge in [0.15, 0.2) is 0 Å². The summed E-state index contributed by atoms with van der Waals surface area (Å²) in [5.74, 6) is 0.364. The molecule has 1 heterocycles. The lowest BCUT2D eigenvalue weighted by Gasteiger charge is -2.32. The van der Waals surface area contributed by atoms with E-state index in [1.165, 1.54) is 19.1 Å². The van der Waals surface area contributed by atoms with Crippen LogP contribution in [0.3, 0.4) is 0 Å². The van der Waals surface area contributed by atoms with Crippen LogP contribution in [0.15, 0.2) is 0 Å². The van der Waals surface area contributed by atoms with E-state index >= 15 is 0 Å². The van der Waals surface area contributed by atoms with Gasteiger partial charge in [0.2, 0.25) is 10.0 Å². The Kier molecular flexibility index (Phi) is 6.05. The van der Waals surface area contributed by atoms with Crippen LogP contribution in [0.5, 0.6) is 0 Å². The van der Waals surface area contributed by atoms with Gasteiger partial charge in [-0.05, 0) is 38.1 Å². The first-order valence-electron chi connectivity index (χ1n) is 8.27. The van der Waals surface area contributed by atoms with Gasteiger partial charge in [-0.1, -0.05) is 25.7 Å². The molecule has 0 aromatic carbocycles. The maximum absolute atomic E-state index is 11.6. The molecule has 1 aliphatic heterocycles. The summed E-state index contributed by atoms with van der Waals surface area (Å²) in [6.07, 6.45) is 9.76. The molecule has 5 nitrogen and oxygen atoms in total. The van der Waals surface area contributed by atoms with Gasteiger partial charge in [0.25, 0.3) is 0 Å². The third-order valence-corrected chi connectivity index (χ3v) is 6.14. The first kappa shape index (κ1) is 17.2. The molecule has 0 amide bonds. The summed E-state index contributed by atoms with van der Waals surface area (Å²) in [5, 5.41) is 14.0. The summed E-state index contributed by atoms with van der Waals surface area (Å²) < 4.78 is 24.8. The minimum Gasteiger partial charge on any atom is -0.389 e. The second-order valence-corrected chi connectivity index (χ2v) is 8.88. The van der Waals surface area contributed by atoms with E-state index in [-0.39, 0.29) is 0 Å². The minimum atomic E-state index is -3.07. The largest absolute Gasteiger partial charge is 0.389 e. The van der Waals surface area contributed by atoms with Crippen LogP contribution >= 0.6 is 0 Å². The summed E-state index contributed by atoms with van der Waals surface area (Å²) in [4.78, 5) is 0. The maximum Gasteiger partial charge on any atom is 0.211 e. The van der Waals surface area contributed by atoms with Crippen molar-refractivity contribution in [3.8, 4) is 0 Å². The lowest BCUT2D eigenvalue weighted by Crippen LogP contribution is -2.45. The van der Waals surface area contributed by atoms with Gasteiger partial charge >= 0.3 is 0 Å². The highest BCUT2D eigenvalue weighted by atomic mass is 32.2. The molecule has 0 aromatic rings. The van der Waals surface area contributed by atoms with Crippen LogP contribution < -0.4 is 5.32 Å². The molecule has 124 valence electrons. The first-order chi connectivity index (χ1) is 9.89. The minimum absolute atomic E-state index is 0.364. The molecule has 2 aliphatic rings. The Bertz CT molecular complexity index is 417. The molecule has 1 atom stereocenters. The predicted octanol–water partition coefficient (Wildman–Crippen LogP) is 1.33. The van der Waals surface area contributed by atoms with E-state index in [9.17, 15) is 13.5 Å². The molecule has 6 heteroatoms. The van der Waals surface area contributed by atoms with Crippen molar-refractivity contribution >= 4 is 10.0 Å². The number of aliphatic hydroxyl groups is 1. The van der Waals surface area contributed by atoms with Crippen molar-refractivity contribution in [1.82, 2.24) is 9.62 Å². The Morgan fingerprint density at radius 3 is 2.48 bits per heavy atom. The van der Waals surface area contributed by atoms with Gasteiger partial charge in [-0.2, -0.15) is 0 Å². The number of nitrogens with one attached hydrogen (secondary N) is 1. The second-order valence-electron chi connectivity index (χ2n) is 6.90. The topological polar surface area (TPSA) is 69.6 Å². The van der Waals surface area contributed by atoms with E-state index in [4.69, 9.17) is 0 Å². The predicted molar refractivity (Wildman–Crippen MR) is 84.7 cm³/mol. The molecule has 0 spiro atoms. The van der Waals surface area contributed by atoms with Crippen LogP contribution in [0.25, 0.3) is 0 Å². The Morgan fingerprint density at radius 2 is 1.86 bits per heavy atom. The summed E-state index contributed by atoms with van der Waals surface area (Å²) in [5.41, 5.74) is -0.554. The fourth-order valence-electron chi connectivity index (χ4n) is 3.57. The Morgan fingerprint density at radius 1 is 1.19 bits per heavy atom. The molecule has 0 aromatic heterocycles. The lowest BCUT2D eigenvalue weighted by atomic mass is 9.93. The van der Waals surface area contributed by atoms with E-state index in [0.29, 0.717) is 25.6 Å². The average molecular weight is 318 g/mol. The zero-order valence-electron chi connectivity index (χ0n) is 13.2. The van der Waals surface area contributed by atoms with Crippen LogP contribution in [-0.2, 0) is 10.0 Å². The third-order valence-electron chi connectivity index (χ3n) is 4.87. The fraction of sp³-hybridized carbons (Fsp3) is 1.00. The zero-order chi connectivity index (χ0) is 15.3. The Labute approximate surface area is 129 Å². The molecular formula is C15H30N2O3S. The van der Waals surface area contributed by atoms with Crippen molar-refractivity contribution in [3.63, 3.8) is 0 Å². The molecule has 21 heavy (non-hydrogen) atoms. The molecule has 2 fully saturated rings. The van der Waals surface area contributed by atoms with Crippen LogP contribution in [0, 0.1) is 5.92 Å². The van der Waals surface area contributed by atoms with Gasteiger partial charge in [-0.3, -0.25) is 0 Å². The van der Waals surface area contributed by atoms with Gasteiger partial charge in [0, 0.05) is 19.6 Å². The van der Waals surface area contributed by atoms with Gasteiger partial charge < -0.3 is 10.4 Å². The lowest BCUT2D eigenvalue weighted by molar-refractivity contribution is 0.0240. The molecule has 1 aliphatic carbocycles. The van der Waals surface area contributed by atoms with Crippen molar-refractivity contribution in [2.75, 3.05) is 32.4 Å². The van der Waals surface area contributed by atoms with E-state index in [1.54, 1.807) is 4.31 Å². The number of nitrogens with zero attached hydrogens (tertiary/aromatic N) is 1. The summed E-state index contributed by atoms with van der Waals surface area (Å²) in [6, 6.07) is 0. The van der Waals surface area contributed by atoms with Crippen molar-refractivity contribution in [2.24, 2.45) is 5.92 Å². The molecule has 1 saturated heterocycles. The van der Waals surface area contributed by atoms with Gasteiger partial charge in [0.1, 0.15) is 0 Å². The van der Waals surface area contributed by atoms with Crippen LogP contribution in [0.2, 0.25) is 0 Å². The van der Waals surface area contributed by atoms with Crippen molar-refractivity contribution in [3.05, 3.63) is 0 Å². The molecule has 1 saturated carbocycles. The standard InChI is InChI=1S/C15H30N2O3S/c1-21(19,20)17-10-6-7-14(12-17)11-16-13-15(18)8-4-2-3-5-9-15/h14,16,18H,2-13H2,1H3. The number of piperidine rings is 1. The molecule has 1 unspecified atom stereocenters. The van der Waals surface area contributed by atoms with Crippen LogP contribution in [0.4, 0.5) is 0 Å². The molecule has 2 rings (SSSR count). The average Bonchev–Trinajstić information content (AvgIpc) is 2.63. The smallest absolute Gasteiger partial charge is 0.211 e. The number of hydrogen-bond donors (Lipinski definition) is 2. The van der Waals surface area contributed by atoms with Crippen LogP contribution in [-0.4, -0.2) is 55.9 Å². The highest BCUT2D eigenvalue weighted by Gasteiger charge is 2.29. The van der Waals surface area contributed by atoms with E-state index in [1.807, 2.05) is 0 Å². The number of rotatable bonds is 5. The normalized spacial score (nSPS) is 28.2. The zero-order valence-corrected chi connectivity index (χ0v) is 14.0. The van der Waals surface area contributed by atoms with Crippen molar-refractivity contribution in [1.29, 1.82) is 0 Å². The Hall–Kier alpha value is -0.170. The van der Waals surface area contributed by atoms with E-state index in [0.717, 1.165) is 45.1 Å². The SMILES string of the molecule is CS(=O)(=O)N1CCCC(CNCC2(O)CCCCCC2)C1. The molecule has 2 N–H and O–H groups in total. The van der Waals surface area contributed by atoms with Gasteiger partial charge in [0.05, 0.1) is 11.9 Å². The second kappa shape index (κ2) is 7.40. The van der Waals surface area contributed by atoms with Gasteiger partial charge in [-0.25, -0.2) is 12.7 Å². The van der Waals surface area contributed by atoms with Gasteiger partial charge in [-0.15, -0.1) is 0 Å². The quantitative estimate of drug-likeness (QED) is 0.751. The maximum atomic E-state index is 11.6. The first-order valence-corrected chi connectivity index (χ1v) is 10.1.